The van der Waals surface area contributed by atoms with Gasteiger partial charge in [-0.25, -0.2) is 9.97 Å². The average molecular weight is 384 g/mol. The van der Waals surface area contributed by atoms with Crippen molar-refractivity contribution in [2.75, 3.05) is 13.2 Å². The molecule has 3 heterocycles. The van der Waals surface area contributed by atoms with Crippen LogP contribution < -0.4 is 9.47 Å². The zero-order valence-corrected chi connectivity index (χ0v) is 16.5. The minimum atomic E-state index is 0.0863. The summed E-state index contributed by atoms with van der Waals surface area (Å²) in [4.78, 5) is 8.90. The van der Waals surface area contributed by atoms with Gasteiger partial charge in [-0.2, -0.15) is 0 Å². The van der Waals surface area contributed by atoms with E-state index in [1.54, 1.807) is 12.4 Å². The summed E-state index contributed by atoms with van der Waals surface area (Å²) in [5.41, 5.74) is 0.945. The zero-order valence-electron chi connectivity index (χ0n) is 16.5. The molecule has 2 fully saturated rings. The number of ether oxygens (including phenoxy) is 4. The summed E-state index contributed by atoms with van der Waals surface area (Å²) in [5.74, 6) is 2.19. The molecule has 4 rings (SSSR count). The van der Waals surface area contributed by atoms with Crippen molar-refractivity contribution in [3.63, 3.8) is 0 Å². The molecule has 0 bridgehead atoms. The number of nitrogens with zero attached hydrogens (tertiary/aromatic N) is 2. The third kappa shape index (κ3) is 5.00. The molecule has 2 unspecified atom stereocenters. The first-order valence-electron chi connectivity index (χ1n) is 10.3. The molecule has 1 aromatic heterocycles. The minimum absolute atomic E-state index is 0.0863. The maximum atomic E-state index is 5.99. The van der Waals surface area contributed by atoms with E-state index in [4.69, 9.17) is 18.9 Å². The lowest BCUT2D eigenvalue weighted by molar-refractivity contribution is 0.148. The number of hydrogen-bond donors (Lipinski definition) is 0. The third-order valence-electron chi connectivity index (χ3n) is 5.05. The predicted molar refractivity (Wildman–Crippen MR) is 106 cm³/mol. The van der Waals surface area contributed by atoms with Gasteiger partial charge in [0.25, 0.3) is 0 Å². The summed E-state index contributed by atoms with van der Waals surface area (Å²) in [6, 6.07) is 7.84. The third-order valence-corrected chi connectivity index (χ3v) is 5.05. The van der Waals surface area contributed by atoms with Crippen LogP contribution in [0.1, 0.15) is 39.5 Å². The summed E-state index contributed by atoms with van der Waals surface area (Å²) >= 11 is 0. The zero-order chi connectivity index (χ0) is 19.3. The molecular weight excluding hydrogens is 356 g/mol. The molecule has 0 radical (unpaired) electrons. The first-order chi connectivity index (χ1) is 13.8. The number of aromatic nitrogens is 2. The van der Waals surface area contributed by atoms with Crippen LogP contribution in [0.4, 0.5) is 0 Å². The van der Waals surface area contributed by atoms with Crippen molar-refractivity contribution in [2.45, 2.75) is 63.9 Å². The molecule has 2 aliphatic heterocycles. The maximum absolute atomic E-state index is 5.99. The molecule has 0 amide bonds. The fourth-order valence-electron chi connectivity index (χ4n) is 3.32. The van der Waals surface area contributed by atoms with Gasteiger partial charge >= 0.3 is 0 Å². The Labute approximate surface area is 166 Å². The van der Waals surface area contributed by atoms with E-state index >= 15 is 0 Å². The number of epoxide rings is 2. The normalized spacial score (nSPS) is 23.9. The summed E-state index contributed by atoms with van der Waals surface area (Å²) in [6.07, 6.45) is 8.67. The highest BCUT2D eigenvalue weighted by molar-refractivity contribution is 5.56. The second kappa shape index (κ2) is 8.88. The highest BCUT2D eigenvalue weighted by Crippen LogP contribution is 2.28. The number of hydrogen-bond acceptors (Lipinski definition) is 6. The van der Waals surface area contributed by atoms with Gasteiger partial charge in [0.2, 0.25) is 0 Å². The van der Waals surface area contributed by atoms with Gasteiger partial charge in [-0.3, -0.25) is 0 Å². The second-order valence-corrected chi connectivity index (χ2v) is 7.40. The van der Waals surface area contributed by atoms with Crippen LogP contribution in [0.25, 0.3) is 11.4 Å². The van der Waals surface area contributed by atoms with Crippen LogP contribution in [0.5, 0.6) is 11.5 Å². The Balaban J connectivity index is 1.30. The molecule has 4 atom stereocenters. The fourth-order valence-corrected chi connectivity index (χ4v) is 3.32. The maximum Gasteiger partial charge on any atom is 0.159 e. The van der Waals surface area contributed by atoms with Crippen LogP contribution in [0.2, 0.25) is 0 Å². The Morgan fingerprint density at radius 1 is 1.04 bits per heavy atom. The van der Waals surface area contributed by atoms with Crippen molar-refractivity contribution in [3.8, 4) is 22.9 Å². The molecule has 0 N–H and O–H groups in total. The highest BCUT2D eigenvalue weighted by Gasteiger charge is 2.38. The van der Waals surface area contributed by atoms with Gasteiger partial charge in [-0.15, -0.1) is 0 Å². The highest BCUT2D eigenvalue weighted by atomic mass is 16.6. The monoisotopic (exact) mass is 384 g/mol. The van der Waals surface area contributed by atoms with Gasteiger partial charge in [-0.1, -0.05) is 26.7 Å². The second-order valence-electron chi connectivity index (χ2n) is 7.40. The first kappa shape index (κ1) is 19.2. The van der Waals surface area contributed by atoms with E-state index in [0.29, 0.717) is 24.3 Å². The summed E-state index contributed by atoms with van der Waals surface area (Å²) in [7, 11) is 0. The predicted octanol–water partition coefficient (Wildman–Crippen LogP) is 4.04. The average Bonchev–Trinajstić information content (AvgIpc) is 3.63. The molecule has 0 saturated carbocycles. The van der Waals surface area contributed by atoms with Crippen LogP contribution >= 0.6 is 0 Å². The van der Waals surface area contributed by atoms with Crippen molar-refractivity contribution in [1.29, 1.82) is 0 Å². The smallest absolute Gasteiger partial charge is 0.159 e. The van der Waals surface area contributed by atoms with Crippen LogP contribution in [0.15, 0.2) is 36.7 Å². The van der Waals surface area contributed by atoms with E-state index in [2.05, 4.69) is 23.8 Å². The fraction of sp³-hybridized carbons (Fsp3) is 0.545. The molecule has 2 aromatic rings. The van der Waals surface area contributed by atoms with Crippen LogP contribution in [0.3, 0.4) is 0 Å². The molecule has 2 aliphatic rings. The standard InChI is InChI=1S/C22H28N2O4/c1-3-5-18(20-13-26-20)27-17-11-23-22(24-12-17)15-7-9-16(10-8-15)25-14-21-19(28-21)6-4-2/h7-12,18-21H,3-6,13-14H2,1-2H3/t18?,19-,20-,21?/m0/s1. The van der Waals surface area contributed by atoms with E-state index in [1.165, 1.54) is 0 Å². The molecule has 0 spiro atoms. The van der Waals surface area contributed by atoms with Crippen molar-refractivity contribution in [3.05, 3.63) is 36.7 Å². The van der Waals surface area contributed by atoms with Crippen LogP contribution in [-0.2, 0) is 9.47 Å². The molecule has 28 heavy (non-hydrogen) atoms. The van der Waals surface area contributed by atoms with Gasteiger partial charge in [0.15, 0.2) is 11.6 Å². The Hall–Kier alpha value is -2.18. The Kier molecular flexibility index (Phi) is 6.07. The van der Waals surface area contributed by atoms with E-state index < -0.39 is 0 Å². The van der Waals surface area contributed by atoms with E-state index in [0.717, 1.165) is 43.6 Å². The Morgan fingerprint density at radius 2 is 1.79 bits per heavy atom. The Bertz CT molecular complexity index is 746. The lowest BCUT2D eigenvalue weighted by Gasteiger charge is -2.16. The van der Waals surface area contributed by atoms with Crippen LogP contribution in [-0.4, -0.2) is 47.6 Å². The Morgan fingerprint density at radius 3 is 2.43 bits per heavy atom. The summed E-state index contributed by atoms with van der Waals surface area (Å²) < 4.78 is 22.8. The first-order valence-corrected chi connectivity index (χ1v) is 10.3. The molecular formula is C22H28N2O4. The molecule has 6 nitrogen and oxygen atoms in total. The molecule has 150 valence electrons. The quantitative estimate of drug-likeness (QED) is 0.545. The molecule has 6 heteroatoms. The van der Waals surface area contributed by atoms with Crippen molar-refractivity contribution < 1.29 is 18.9 Å². The number of rotatable bonds is 11. The molecule has 2 saturated heterocycles. The minimum Gasteiger partial charge on any atom is -0.491 e. The van der Waals surface area contributed by atoms with Crippen molar-refractivity contribution in [2.24, 2.45) is 0 Å². The van der Waals surface area contributed by atoms with E-state index in [9.17, 15) is 0 Å². The van der Waals surface area contributed by atoms with E-state index in [1.807, 2.05) is 24.3 Å². The topological polar surface area (TPSA) is 69.3 Å². The van der Waals surface area contributed by atoms with Gasteiger partial charge < -0.3 is 18.9 Å². The molecule has 0 aliphatic carbocycles. The lowest BCUT2D eigenvalue weighted by Crippen LogP contribution is -2.23. The summed E-state index contributed by atoms with van der Waals surface area (Å²) in [5, 5.41) is 0. The van der Waals surface area contributed by atoms with Gasteiger partial charge in [0, 0.05) is 5.56 Å². The number of benzene rings is 1. The van der Waals surface area contributed by atoms with Gasteiger partial charge in [-0.05, 0) is 37.1 Å². The largest absolute Gasteiger partial charge is 0.491 e. The van der Waals surface area contributed by atoms with Gasteiger partial charge in [0.05, 0.1) is 25.1 Å². The lowest BCUT2D eigenvalue weighted by atomic mass is 10.1. The SMILES string of the molecule is CCCC(Oc1cnc(-c2ccc(OCC3O[C@H]3CCC)cc2)nc1)[C@@H]1CO1. The van der Waals surface area contributed by atoms with E-state index in [-0.39, 0.29) is 18.3 Å². The molecule has 1 aromatic carbocycles. The van der Waals surface area contributed by atoms with Gasteiger partial charge in [0.1, 0.15) is 30.7 Å². The van der Waals surface area contributed by atoms with Crippen LogP contribution in [0, 0.1) is 0 Å². The van der Waals surface area contributed by atoms with Crippen molar-refractivity contribution in [1.82, 2.24) is 9.97 Å². The summed E-state index contributed by atoms with van der Waals surface area (Å²) in [6.45, 7) is 5.71. The van der Waals surface area contributed by atoms with Crippen molar-refractivity contribution >= 4 is 0 Å².